The maximum absolute atomic E-state index is 12.1. The highest BCUT2D eigenvalue weighted by atomic mass is 35.5. The Morgan fingerprint density at radius 2 is 2.37 bits per heavy atom. The smallest absolute Gasteiger partial charge is 0.226 e. The fourth-order valence-electron chi connectivity index (χ4n) is 2.28. The van der Waals surface area contributed by atoms with E-state index in [-0.39, 0.29) is 17.9 Å². The zero-order valence-electron chi connectivity index (χ0n) is 11.1. The summed E-state index contributed by atoms with van der Waals surface area (Å²) in [6, 6.07) is 5.43. The normalized spacial score (nSPS) is 22.3. The van der Waals surface area contributed by atoms with Crippen LogP contribution in [0.4, 0.5) is 0 Å². The van der Waals surface area contributed by atoms with E-state index in [2.05, 4.69) is 5.32 Å². The Morgan fingerprint density at radius 1 is 1.58 bits per heavy atom. The van der Waals surface area contributed by atoms with Gasteiger partial charge in [0.25, 0.3) is 0 Å². The van der Waals surface area contributed by atoms with Crippen molar-refractivity contribution in [3.63, 3.8) is 0 Å². The highest BCUT2D eigenvalue weighted by Crippen LogP contribution is 2.26. The first-order valence-corrected chi connectivity index (χ1v) is 6.72. The minimum absolute atomic E-state index is 0.00646. The van der Waals surface area contributed by atoms with Crippen LogP contribution in [0.25, 0.3) is 0 Å². The van der Waals surface area contributed by atoms with Crippen LogP contribution in [0.3, 0.4) is 0 Å². The van der Waals surface area contributed by atoms with Gasteiger partial charge in [-0.15, -0.1) is 0 Å². The summed E-state index contributed by atoms with van der Waals surface area (Å²) in [5.74, 6) is 0.615. The Morgan fingerprint density at radius 3 is 3.00 bits per heavy atom. The topological polar surface area (TPSA) is 47.6 Å². The van der Waals surface area contributed by atoms with Crippen LogP contribution in [-0.4, -0.2) is 25.7 Å². The predicted molar refractivity (Wildman–Crippen MR) is 73.4 cm³/mol. The van der Waals surface area contributed by atoms with E-state index in [0.717, 1.165) is 12.0 Å². The number of nitrogens with one attached hydrogen (secondary N) is 1. The zero-order chi connectivity index (χ0) is 13.8. The molecule has 5 heteroatoms. The Bertz CT molecular complexity index is 464. The molecule has 1 amide bonds. The van der Waals surface area contributed by atoms with Gasteiger partial charge in [0.05, 0.1) is 19.1 Å². The van der Waals surface area contributed by atoms with Gasteiger partial charge in [-0.1, -0.05) is 17.7 Å². The van der Waals surface area contributed by atoms with E-state index in [1.807, 2.05) is 19.1 Å². The molecule has 1 aromatic carbocycles. The Labute approximate surface area is 118 Å². The number of benzene rings is 1. The van der Waals surface area contributed by atoms with Crippen molar-refractivity contribution in [3.05, 3.63) is 28.8 Å². The van der Waals surface area contributed by atoms with E-state index in [0.29, 0.717) is 23.9 Å². The van der Waals surface area contributed by atoms with Crippen LogP contribution in [0.1, 0.15) is 18.9 Å². The van der Waals surface area contributed by atoms with Crippen LogP contribution in [0.2, 0.25) is 5.02 Å². The van der Waals surface area contributed by atoms with Crippen molar-refractivity contribution in [1.82, 2.24) is 5.32 Å². The van der Waals surface area contributed by atoms with Crippen LogP contribution >= 0.6 is 11.6 Å². The summed E-state index contributed by atoms with van der Waals surface area (Å²) >= 11 is 6.12. The van der Waals surface area contributed by atoms with Gasteiger partial charge in [0, 0.05) is 23.7 Å². The first-order chi connectivity index (χ1) is 9.13. The molecule has 2 atom stereocenters. The summed E-state index contributed by atoms with van der Waals surface area (Å²) in [6.45, 7) is 2.94. The lowest BCUT2D eigenvalue weighted by atomic mass is 10.0. The number of hydrogen-bond donors (Lipinski definition) is 1. The molecule has 1 aromatic rings. The largest absolute Gasteiger partial charge is 0.496 e. The number of ether oxygens (including phenoxy) is 2. The van der Waals surface area contributed by atoms with Crippen LogP contribution in [0.5, 0.6) is 5.75 Å². The van der Waals surface area contributed by atoms with Crippen molar-refractivity contribution in [2.75, 3.05) is 13.7 Å². The van der Waals surface area contributed by atoms with Gasteiger partial charge in [0.2, 0.25) is 5.91 Å². The maximum Gasteiger partial charge on any atom is 0.226 e. The van der Waals surface area contributed by atoms with Crippen molar-refractivity contribution in [2.45, 2.75) is 26.0 Å². The summed E-state index contributed by atoms with van der Waals surface area (Å²) in [5.41, 5.74) is 0.798. The van der Waals surface area contributed by atoms with Crippen molar-refractivity contribution in [1.29, 1.82) is 0 Å². The Balaban J connectivity index is 2.00. The minimum atomic E-state index is -0.0755. The first-order valence-electron chi connectivity index (χ1n) is 6.34. The van der Waals surface area contributed by atoms with Crippen LogP contribution in [-0.2, 0) is 16.1 Å². The number of carbonyl (C=O) groups excluding carboxylic acids is 1. The number of rotatable bonds is 4. The number of carbonyl (C=O) groups is 1. The van der Waals surface area contributed by atoms with Crippen LogP contribution < -0.4 is 10.1 Å². The molecule has 0 aliphatic carbocycles. The molecule has 0 saturated carbocycles. The molecule has 2 rings (SSSR count). The van der Waals surface area contributed by atoms with Crippen LogP contribution in [0, 0.1) is 5.92 Å². The minimum Gasteiger partial charge on any atom is -0.496 e. The van der Waals surface area contributed by atoms with Gasteiger partial charge >= 0.3 is 0 Å². The third-order valence-corrected chi connectivity index (χ3v) is 3.80. The first kappa shape index (κ1) is 14.2. The van der Waals surface area contributed by atoms with E-state index in [1.165, 1.54) is 0 Å². The third-order valence-electron chi connectivity index (χ3n) is 3.45. The van der Waals surface area contributed by atoms with E-state index < -0.39 is 0 Å². The molecule has 0 spiro atoms. The maximum atomic E-state index is 12.1. The third kappa shape index (κ3) is 3.19. The average molecular weight is 284 g/mol. The molecular formula is C14H18ClNO3. The van der Waals surface area contributed by atoms with E-state index >= 15 is 0 Å². The Hall–Kier alpha value is -1.26. The van der Waals surface area contributed by atoms with Gasteiger partial charge in [-0.2, -0.15) is 0 Å². The lowest BCUT2D eigenvalue weighted by Gasteiger charge is -2.15. The zero-order valence-corrected chi connectivity index (χ0v) is 11.9. The lowest BCUT2D eigenvalue weighted by Crippen LogP contribution is -2.33. The molecule has 1 fully saturated rings. The van der Waals surface area contributed by atoms with Crippen molar-refractivity contribution < 1.29 is 14.3 Å². The molecule has 104 valence electrons. The molecule has 1 N–H and O–H groups in total. The molecule has 19 heavy (non-hydrogen) atoms. The standard InChI is InChI=1S/C14H18ClNO3/c1-9-10(6-7-19-9)14(17)16-8-11-12(15)4-3-5-13(11)18-2/h3-5,9-10H,6-8H2,1-2H3,(H,16,17)/t9-,10+/m0/s1. The van der Waals surface area contributed by atoms with Crippen LogP contribution in [0.15, 0.2) is 18.2 Å². The highest BCUT2D eigenvalue weighted by Gasteiger charge is 2.30. The van der Waals surface area contributed by atoms with Gasteiger partial charge in [0.1, 0.15) is 5.75 Å². The average Bonchev–Trinajstić information content (AvgIpc) is 2.83. The van der Waals surface area contributed by atoms with E-state index in [4.69, 9.17) is 21.1 Å². The van der Waals surface area contributed by atoms with Gasteiger partial charge in [-0.05, 0) is 25.5 Å². The second-order valence-electron chi connectivity index (χ2n) is 4.61. The summed E-state index contributed by atoms with van der Waals surface area (Å²) in [4.78, 5) is 12.1. The summed E-state index contributed by atoms with van der Waals surface area (Å²) in [7, 11) is 1.59. The second-order valence-corrected chi connectivity index (χ2v) is 5.02. The van der Waals surface area contributed by atoms with E-state index in [1.54, 1.807) is 13.2 Å². The van der Waals surface area contributed by atoms with Gasteiger partial charge in [0.15, 0.2) is 0 Å². The molecule has 0 aromatic heterocycles. The number of hydrogen-bond acceptors (Lipinski definition) is 3. The molecular weight excluding hydrogens is 266 g/mol. The Kier molecular flexibility index (Phi) is 4.66. The molecule has 0 radical (unpaired) electrons. The fourth-order valence-corrected chi connectivity index (χ4v) is 2.52. The van der Waals surface area contributed by atoms with Crippen molar-refractivity contribution >= 4 is 17.5 Å². The summed E-state index contributed by atoms with van der Waals surface area (Å²) < 4.78 is 10.6. The molecule has 0 unspecified atom stereocenters. The van der Waals surface area contributed by atoms with Gasteiger partial charge in [-0.25, -0.2) is 0 Å². The van der Waals surface area contributed by atoms with Gasteiger partial charge < -0.3 is 14.8 Å². The molecule has 1 aliphatic rings. The fraction of sp³-hybridized carbons (Fsp3) is 0.500. The highest BCUT2D eigenvalue weighted by molar-refractivity contribution is 6.31. The summed E-state index contributed by atoms with van der Waals surface area (Å²) in [5, 5.41) is 3.50. The molecule has 1 aliphatic heterocycles. The quantitative estimate of drug-likeness (QED) is 0.923. The predicted octanol–water partition coefficient (Wildman–Crippen LogP) is 2.39. The lowest BCUT2D eigenvalue weighted by molar-refractivity contribution is -0.126. The second kappa shape index (κ2) is 6.26. The van der Waals surface area contributed by atoms with E-state index in [9.17, 15) is 4.79 Å². The summed E-state index contributed by atoms with van der Waals surface area (Å²) in [6.07, 6.45) is 0.750. The number of halogens is 1. The van der Waals surface area contributed by atoms with Gasteiger partial charge in [-0.3, -0.25) is 4.79 Å². The molecule has 1 heterocycles. The van der Waals surface area contributed by atoms with Crippen molar-refractivity contribution in [3.8, 4) is 5.75 Å². The SMILES string of the molecule is COc1cccc(Cl)c1CNC(=O)[C@@H]1CCO[C@H]1C. The molecule has 0 bridgehead atoms. The number of methoxy groups -OCH3 is 1. The molecule has 4 nitrogen and oxygen atoms in total. The monoisotopic (exact) mass is 283 g/mol. The van der Waals surface area contributed by atoms with Crippen molar-refractivity contribution in [2.24, 2.45) is 5.92 Å². The molecule has 1 saturated heterocycles. The number of amides is 1.